The first-order chi connectivity index (χ1) is 20.9. The van der Waals surface area contributed by atoms with Crippen molar-refractivity contribution in [2.45, 2.75) is 58.8 Å². The minimum atomic E-state index is 0.103. The third kappa shape index (κ3) is 5.87. The molecule has 1 atom stereocenters. The average Bonchev–Trinajstić information content (AvgIpc) is 3.59. The van der Waals surface area contributed by atoms with Gasteiger partial charge in [-0.15, -0.1) is 0 Å². The molecule has 4 N–H and O–H groups in total. The Balaban J connectivity index is 1.34. The van der Waals surface area contributed by atoms with Crippen molar-refractivity contribution in [3.8, 4) is 22.3 Å². The maximum absolute atomic E-state index is 12.9. The van der Waals surface area contributed by atoms with Gasteiger partial charge in [-0.05, 0) is 108 Å². The van der Waals surface area contributed by atoms with Crippen molar-refractivity contribution in [1.82, 2.24) is 4.98 Å². The number of nitrogens with one attached hydrogen (secondary N) is 2. The lowest BCUT2D eigenvalue weighted by Crippen LogP contribution is -2.28. The minimum absolute atomic E-state index is 0.103. The zero-order valence-electron chi connectivity index (χ0n) is 25.0. The van der Waals surface area contributed by atoms with Crippen LogP contribution in [0.1, 0.15) is 62.6 Å². The first-order valence-corrected chi connectivity index (χ1v) is 15.5. The molecule has 218 valence electrons. The van der Waals surface area contributed by atoms with Crippen molar-refractivity contribution >= 4 is 34.4 Å². The number of aryl methyl sites for hydroxylation is 1. The lowest BCUT2D eigenvalue weighted by Gasteiger charge is -2.27. The van der Waals surface area contributed by atoms with E-state index >= 15 is 0 Å². The van der Waals surface area contributed by atoms with E-state index in [1.54, 1.807) is 0 Å². The van der Waals surface area contributed by atoms with E-state index in [0.717, 1.165) is 84.3 Å². The maximum atomic E-state index is 12.9. The molecule has 0 radical (unpaired) electrons. The Hall–Kier alpha value is -4.58. The molecule has 1 saturated carbocycles. The van der Waals surface area contributed by atoms with Gasteiger partial charge >= 0.3 is 0 Å². The molecule has 1 aliphatic carbocycles. The molecular formula is C37H39N5O. The molecule has 0 spiro atoms. The van der Waals surface area contributed by atoms with E-state index in [-0.39, 0.29) is 17.7 Å². The Bertz CT molecular complexity index is 1700. The van der Waals surface area contributed by atoms with E-state index in [1.807, 2.05) is 60.9 Å². The van der Waals surface area contributed by atoms with Crippen molar-refractivity contribution in [2.24, 2.45) is 16.8 Å². The number of hydrogen-bond acceptors (Lipinski definition) is 5. The topological polar surface area (TPSA) is 104 Å². The number of aromatic nitrogens is 1. The van der Waals surface area contributed by atoms with Gasteiger partial charge in [-0.1, -0.05) is 51.0 Å². The highest BCUT2D eigenvalue weighted by molar-refractivity contribution is 6.49. The Morgan fingerprint density at radius 1 is 0.953 bits per heavy atom. The molecule has 6 nitrogen and oxygen atoms in total. The Morgan fingerprint density at radius 3 is 2.49 bits per heavy atom. The number of aliphatic imine (C=N–C) groups is 1. The summed E-state index contributed by atoms with van der Waals surface area (Å²) in [5.74, 6) is 0.322. The summed E-state index contributed by atoms with van der Waals surface area (Å²) in [7, 11) is 0. The maximum Gasteiger partial charge on any atom is 0.227 e. The van der Waals surface area contributed by atoms with Crippen LogP contribution in [0.25, 0.3) is 22.3 Å². The third-order valence-electron chi connectivity index (χ3n) is 9.02. The minimum Gasteiger partial charge on any atom is -0.398 e. The Kier molecular flexibility index (Phi) is 8.19. The standard InChI is InChI=1S/C37H39N5O/c1-3-23-18-28(20-29(19-23)41-37(43)26-8-5-6-9-26)27-12-13-33(38)32(22-27)35(39)36-24(4-2)21-31-30(10-7-11-34(31)42-36)25-14-16-40-17-15-25/h7,10-20,22,24,26,39H,3-6,8-9,21,38H2,1-2H3,(H,41,43). The molecule has 2 aliphatic rings. The van der Waals surface area contributed by atoms with Gasteiger partial charge in [0.1, 0.15) is 0 Å². The summed E-state index contributed by atoms with van der Waals surface area (Å²) in [6.45, 7) is 4.28. The fourth-order valence-corrected chi connectivity index (χ4v) is 6.52. The normalized spacial score (nSPS) is 16.4. The summed E-state index contributed by atoms with van der Waals surface area (Å²) in [6, 6.07) is 22.4. The molecule has 43 heavy (non-hydrogen) atoms. The number of pyridine rings is 1. The van der Waals surface area contributed by atoms with Crippen LogP contribution in [0.5, 0.6) is 0 Å². The van der Waals surface area contributed by atoms with Gasteiger partial charge in [0.2, 0.25) is 5.91 Å². The van der Waals surface area contributed by atoms with E-state index in [4.69, 9.17) is 10.7 Å². The SMILES string of the molecule is CCc1cc(NC(=O)C2CCCC2)cc(-c2ccc(N)c(C(=N)C3=Nc4cccc(-c5ccncc5)c4CC3CC)c2)c1. The van der Waals surface area contributed by atoms with Gasteiger partial charge in [0.05, 0.1) is 17.1 Å². The van der Waals surface area contributed by atoms with Gasteiger partial charge in [-0.2, -0.15) is 0 Å². The fourth-order valence-electron chi connectivity index (χ4n) is 6.52. The summed E-state index contributed by atoms with van der Waals surface area (Å²) in [5, 5.41) is 12.5. The summed E-state index contributed by atoms with van der Waals surface area (Å²) in [5.41, 5.74) is 17.3. The lowest BCUT2D eigenvalue weighted by atomic mass is 9.82. The molecule has 1 amide bonds. The van der Waals surface area contributed by atoms with Crippen LogP contribution in [-0.2, 0) is 17.6 Å². The van der Waals surface area contributed by atoms with Crippen LogP contribution >= 0.6 is 0 Å². The third-order valence-corrected chi connectivity index (χ3v) is 9.02. The molecule has 1 aromatic heterocycles. The van der Waals surface area contributed by atoms with Gasteiger partial charge in [-0.25, -0.2) is 0 Å². The average molecular weight is 570 g/mol. The van der Waals surface area contributed by atoms with E-state index in [0.29, 0.717) is 17.0 Å². The number of hydrogen-bond donors (Lipinski definition) is 3. The number of amides is 1. The number of carbonyl (C=O) groups excluding carboxylic acids is 1. The molecule has 2 heterocycles. The summed E-state index contributed by atoms with van der Waals surface area (Å²) in [6.07, 6.45) is 10.4. The molecule has 0 bridgehead atoms. The highest BCUT2D eigenvalue weighted by Gasteiger charge is 2.28. The van der Waals surface area contributed by atoms with Crippen molar-refractivity contribution in [1.29, 1.82) is 5.41 Å². The summed E-state index contributed by atoms with van der Waals surface area (Å²) >= 11 is 0. The largest absolute Gasteiger partial charge is 0.398 e. The molecule has 6 rings (SSSR count). The van der Waals surface area contributed by atoms with E-state index in [9.17, 15) is 10.2 Å². The van der Waals surface area contributed by atoms with Crippen LogP contribution in [0.15, 0.2) is 84.1 Å². The van der Waals surface area contributed by atoms with Gasteiger partial charge in [0.25, 0.3) is 0 Å². The molecule has 6 heteroatoms. The van der Waals surface area contributed by atoms with Gasteiger partial charge in [0, 0.05) is 41.2 Å². The van der Waals surface area contributed by atoms with Crippen LogP contribution in [0.2, 0.25) is 0 Å². The summed E-state index contributed by atoms with van der Waals surface area (Å²) in [4.78, 5) is 22.2. The van der Waals surface area contributed by atoms with E-state index < -0.39 is 0 Å². The Labute approximate surface area is 254 Å². The van der Waals surface area contributed by atoms with Crippen molar-refractivity contribution in [3.63, 3.8) is 0 Å². The number of nitrogen functional groups attached to an aromatic ring is 1. The van der Waals surface area contributed by atoms with Crippen LogP contribution in [0, 0.1) is 17.2 Å². The first kappa shape index (κ1) is 28.5. The van der Waals surface area contributed by atoms with Gasteiger partial charge < -0.3 is 11.1 Å². The predicted octanol–water partition coefficient (Wildman–Crippen LogP) is 8.41. The number of fused-ring (bicyclic) bond motifs is 1. The number of benzene rings is 3. The second-order valence-electron chi connectivity index (χ2n) is 11.8. The molecule has 1 unspecified atom stereocenters. The number of carbonyl (C=O) groups is 1. The Morgan fingerprint density at radius 2 is 1.74 bits per heavy atom. The number of anilines is 2. The van der Waals surface area contributed by atoms with Crippen molar-refractivity contribution in [3.05, 3.63) is 95.8 Å². The fraction of sp³-hybridized carbons (Fsp3) is 0.297. The van der Waals surface area contributed by atoms with Crippen LogP contribution in [-0.4, -0.2) is 22.3 Å². The highest BCUT2D eigenvalue weighted by atomic mass is 16.1. The van der Waals surface area contributed by atoms with Crippen molar-refractivity contribution < 1.29 is 4.79 Å². The molecule has 3 aromatic carbocycles. The van der Waals surface area contributed by atoms with Crippen LogP contribution in [0.3, 0.4) is 0 Å². The van der Waals surface area contributed by atoms with Crippen LogP contribution in [0.4, 0.5) is 17.1 Å². The second-order valence-corrected chi connectivity index (χ2v) is 11.8. The van der Waals surface area contributed by atoms with Crippen LogP contribution < -0.4 is 11.1 Å². The molecular weight excluding hydrogens is 530 g/mol. The quantitative estimate of drug-likeness (QED) is 0.147. The number of nitrogens with two attached hydrogens (primary N) is 1. The van der Waals surface area contributed by atoms with Crippen molar-refractivity contribution in [2.75, 3.05) is 11.1 Å². The van der Waals surface area contributed by atoms with Gasteiger partial charge in [0.15, 0.2) is 0 Å². The van der Waals surface area contributed by atoms with E-state index in [2.05, 4.69) is 42.3 Å². The number of rotatable bonds is 8. The molecule has 0 saturated heterocycles. The highest BCUT2D eigenvalue weighted by Crippen LogP contribution is 2.38. The first-order valence-electron chi connectivity index (χ1n) is 15.5. The molecule has 1 aliphatic heterocycles. The second kappa shape index (κ2) is 12.3. The smallest absolute Gasteiger partial charge is 0.227 e. The number of nitrogens with zero attached hydrogens (tertiary/aromatic N) is 2. The van der Waals surface area contributed by atoms with E-state index in [1.165, 1.54) is 11.1 Å². The summed E-state index contributed by atoms with van der Waals surface area (Å²) < 4.78 is 0. The zero-order valence-corrected chi connectivity index (χ0v) is 25.0. The van der Waals surface area contributed by atoms with Gasteiger partial charge in [-0.3, -0.25) is 20.2 Å². The molecule has 1 fully saturated rings. The molecule has 4 aromatic rings. The predicted molar refractivity (Wildman–Crippen MR) is 177 cm³/mol. The zero-order chi connectivity index (χ0) is 29.9. The lowest BCUT2D eigenvalue weighted by molar-refractivity contribution is -0.119. The monoisotopic (exact) mass is 569 g/mol.